The van der Waals surface area contributed by atoms with Gasteiger partial charge >= 0.3 is 0 Å². The molecule has 0 bridgehead atoms. The molecule has 0 spiro atoms. The smallest absolute Gasteiger partial charge is 0.231 e. The molecule has 0 saturated heterocycles. The summed E-state index contributed by atoms with van der Waals surface area (Å²) < 4.78 is 17.3. The number of allylic oxidation sites excluding steroid dienone is 1. The van der Waals surface area contributed by atoms with Gasteiger partial charge in [0.25, 0.3) is 0 Å². The van der Waals surface area contributed by atoms with Crippen molar-refractivity contribution in [3.05, 3.63) is 119 Å². The van der Waals surface area contributed by atoms with E-state index in [2.05, 4.69) is 12.1 Å². The highest BCUT2D eigenvalue weighted by Crippen LogP contribution is 2.39. The van der Waals surface area contributed by atoms with Crippen molar-refractivity contribution in [2.24, 2.45) is 0 Å². The van der Waals surface area contributed by atoms with Crippen molar-refractivity contribution in [1.29, 1.82) is 0 Å². The van der Waals surface area contributed by atoms with Gasteiger partial charge in [-0.25, -0.2) is 0 Å². The molecule has 0 N–H and O–H groups in total. The molecule has 0 radical (unpaired) electrons. The van der Waals surface area contributed by atoms with E-state index in [9.17, 15) is 4.79 Å². The summed E-state index contributed by atoms with van der Waals surface area (Å²) in [6, 6.07) is 29.6. The van der Waals surface area contributed by atoms with Crippen molar-refractivity contribution in [2.75, 3.05) is 7.11 Å². The van der Waals surface area contributed by atoms with Gasteiger partial charge < -0.3 is 14.2 Å². The van der Waals surface area contributed by atoms with Crippen molar-refractivity contribution in [2.45, 2.75) is 13.5 Å². The van der Waals surface area contributed by atoms with Crippen LogP contribution in [-0.4, -0.2) is 12.9 Å². The number of rotatable bonds is 6. The van der Waals surface area contributed by atoms with Crippen LogP contribution in [0.1, 0.15) is 27.0 Å². The highest BCUT2D eigenvalue weighted by atomic mass is 16.5. The quantitative estimate of drug-likeness (QED) is 0.302. The van der Waals surface area contributed by atoms with Crippen molar-refractivity contribution < 1.29 is 19.0 Å². The van der Waals surface area contributed by atoms with E-state index in [0.29, 0.717) is 29.4 Å². The molecule has 0 aliphatic carbocycles. The third-order valence-corrected chi connectivity index (χ3v) is 5.88. The van der Waals surface area contributed by atoms with E-state index in [1.807, 2.05) is 79.7 Å². The lowest BCUT2D eigenvalue weighted by Crippen LogP contribution is -1.99. The number of methoxy groups -OCH3 is 1. The number of hydrogen-bond acceptors (Lipinski definition) is 4. The highest BCUT2D eigenvalue weighted by molar-refractivity contribution is 6.15. The molecule has 0 amide bonds. The summed E-state index contributed by atoms with van der Waals surface area (Å²) in [6.45, 7) is 2.30. The third-order valence-electron chi connectivity index (χ3n) is 5.88. The van der Waals surface area contributed by atoms with E-state index >= 15 is 0 Å². The lowest BCUT2D eigenvalue weighted by atomic mass is 10.0. The van der Waals surface area contributed by atoms with E-state index in [1.54, 1.807) is 19.3 Å². The van der Waals surface area contributed by atoms with Crippen LogP contribution in [-0.2, 0) is 6.61 Å². The molecule has 168 valence electrons. The molecule has 1 aliphatic rings. The summed E-state index contributed by atoms with van der Waals surface area (Å²) in [7, 11) is 1.64. The number of hydrogen-bond donors (Lipinski definition) is 0. The van der Waals surface area contributed by atoms with Crippen LogP contribution in [0.5, 0.6) is 17.2 Å². The van der Waals surface area contributed by atoms with E-state index in [1.165, 1.54) is 0 Å². The fourth-order valence-electron chi connectivity index (χ4n) is 4.00. The van der Waals surface area contributed by atoms with E-state index in [0.717, 1.165) is 33.6 Å². The average Bonchev–Trinajstić information content (AvgIpc) is 3.20. The standard InChI is InChI=1S/C30H24O4/c1-20-27(33-19-22-7-6-10-25(17-22)32-2)16-15-26-29(31)28(34-30(20)26)18-21-11-13-24(14-12-21)23-8-4-3-5-9-23/h3-18H,19H2,1-2H3/b28-18-. The Labute approximate surface area is 199 Å². The van der Waals surface area contributed by atoms with Gasteiger partial charge in [-0.3, -0.25) is 4.79 Å². The molecule has 0 saturated carbocycles. The van der Waals surface area contributed by atoms with E-state index in [-0.39, 0.29) is 5.78 Å². The normalized spacial score (nSPS) is 13.5. The van der Waals surface area contributed by atoms with Crippen LogP contribution in [0.4, 0.5) is 0 Å². The van der Waals surface area contributed by atoms with Crippen LogP contribution in [0.3, 0.4) is 0 Å². The molecular formula is C30H24O4. The Balaban J connectivity index is 1.34. The average molecular weight is 449 g/mol. The first-order valence-corrected chi connectivity index (χ1v) is 11.1. The molecule has 0 fully saturated rings. The Morgan fingerprint density at radius 3 is 2.38 bits per heavy atom. The molecule has 1 aliphatic heterocycles. The number of benzene rings is 4. The number of ether oxygens (including phenoxy) is 3. The summed E-state index contributed by atoms with van der Waals surface area (Å²) in [5.41, 5.74) is 5.53. The maximum absolute atomic E-state index is 13.0. The first-order valence-electron chi connectivity index (χ1n) is 11.1. The van der Waals surface area contributed by atoms with Gasteiger partial charge in [0.15, 0.2) is 5.76 Å². The zero-order valence-corrected chi connectivity index (χ0v) is 19.1. The summed E-state index contributed by atoms with van der Waals surface area (Å²) in [4.78, 5) is 13.0. The third kappa shape index (κ3) is 4.30. The SMILES string of the molecule is COc1cccc(COc2ccc3c(c2C)O/C(=C\c2ccc(-c4ccccc4)cc2)C3=O)c1. The molecule has 0 unspecified atom stereocenters. The van der Waals surface area contributed by atoms with Crippen LogP contribution < -0.4 is 14.2 Å². The van der Waals surface area contributed by atoms with Gasteiger partial charge in [-0.05, 0) is 59.5 Å². The Kier molecular flexibility index (Phi) is 5.88. The summed E-state index contributed by atoms with van der Waals surface area (Å²) in [5.74, 6) is 2.22. The van der Waals surface area contributed by atoms with E-state index in [4.69, 9.17) is 14.2 Å². The lowest BCUT2D eigenvalue weighted by Gasteiger charge is -2.12. The molecule has 34 heavy (non-hydrogen) atoms. The second-order valence-corrected chi connectivity index (χ2v) is 8.13. The number of carbonyl (C=O) groups is 1. The monoisotopic (exact) mass is 448 g/mol. The highest BCUT2D eigenvalue weighted by Gasteiger charge is 2.30. The van der Waals surface area contributed by atoms with Gasteiger partial charge in [0.1, 0.15) is 23.9 Å². The molecule has 0 atom stereocenters. The Hall–Kier alpha value is -4.31. The number of carbonyl (C=O) groups excluding carboxylic acids is 1. The zero-order valence-electron chi connectivity index (χ0n) is 19.1. The molecule has 1 heterocycles. The minimum absolute atomic E-state index is 0.121. The topological polar surface area (TPSA) is 44.8 Å². The van der Waals surface area contributed by atoms with Crippen LogP contribution >= 0.6 is 0 Å². The van der Waals surface area contributed by atoms with Crippen molar-refractivity contribution in [3.8, 4) is 28.4 Å². The summed E-state index contributed by atoms with van der Waals surface area (Å²) in [5, 5.41) is 0. The van der Waals surface area contributed by atoms with Gasteiger partial charge in [-0.2, -0.15) is 0 Å². The van der Waals surface area contributed by atoms with E-state index < -0.39 is 0 Å². The molecular weight excluding hydrogens is 424 g/mol. The molecule has 4 heteroatoms. The first-order chi connectivity index (χ1) is 16.6. The van der Waals surface area contributed by atoms with Crippen LogP contribution in [0.15, 0.2) is 96.8 Å². The van der Waals surface area contributed by atoms with Gasteiger partial charge in [-0.1, -0.05) is 66.7 Å². The zero-order chi connectivity index (χ0) is 23.5. The second kappa shape index (κ2) is 9.28. The van der Waals surface area contributed by atoms with Crippen LogP contribution in [0.2, 0.25) is 0 Å². The van der Waals surface area contributed by atoms with Crippen LogP contribution in [0.25, 0.3) is 17.2 Å². The second-order valence-electron chi connectivity index (χ2n) is 8.13. The maximum Gasteiger partial charge on any atom is 0.231 e. The Morgan fingerprint density at radius 1 is 0.853 bits per heavy atom. The van der Waals surface area contributed by atoms with Crippen molar-refractivity contribution in [1.82, 2.24) is 0 Å². The largest absolute Gasteiger partial charge is 0.497 e. The van der Waals surface area contributed by atoms with Gasteiger partial charge in [0, 0.05) is 5.56 Å². The summed E-state index contributed by atoms with van der Waals surface area (Å²) >= 11 is 0. The predicted molar refractivity (Wildman–Crippen MR) is 133 cm³/mol. The molecule has 4 aromatic carbocycles. The minimum atomic E-state index is -0.121. The van der Waals surface area contributed by atoms with Crippen molar-refractivity contribution >= 4 is 11.9 Å². The minimum Gasteiger partial charge on any atom is -0.497 e. The van der Waals surface area contributed by atoms with Crippen LogP contribution in [0, 0.1) is 6.92 Å². The van der Waals surface area contributed by atoms with Gasteiger partial charge in [0.2, 0.25) is 5.78 Å². The first kappa shape index (κ1) is 21.5. The molecule has 5 rings (SSSR count). The maximum atomic E-state index is 13.0. The molecule has 4 nitrogen and oxygen atoms in total. The predicted octanol–water partition coefficient (Wildman–Crippen LogP) is 6.87. The molecule has 0 aromatic heterocycles. The summed E-state index contributed by atoms with van der Waals surface area (Å²) in [6.07, 6.45) is 1.79. The number of Topliss-reactive ketones (excluding diaryl/α,β-unsaturated/α-hetero) is 1. The fourth-order valence-corrected chi connectivity index (χ4v) is 4.00. The Bertz CT molecular complexity index is 1370. The van der Waals surface area contributed by atoms with Gasteiger partial charge in [0.05, 0.1) is 12.7 Å². The lowest BCUT2D eigenvalue weighted by molar-refractivity contribution is 0.101. The van der Waals surface area contributed by atoms with Crippen molar-refractivity contribution in [3.63, 3.8) is 0 Å². The molecule has 4 aromatic rings. The number of ketones is 1. The number of fused-ring (bicyclic) bond motifs is 1. The Morgan fingerprint density at radius 2 is 1.62 bits per heavy atom. The van der Waals surface area contributed by atoms with Gasteiger partial charge in [-0.15, -0.1) is 0 Å². The fraction of sp³-hybridized carbons (Fsp3) is 0.100.